The molecule has 0 fully saturated rings. The number of hydrogen-bond donors (Lipinski definition) is 1. The lowest BCUT2D eigenvalue weighted by Gasteiger charge is -1.96. The molecular formula is C14H12FN3S. The Morgan fingerprint density at radius 1 is 1.26 bits per heavy atom. The second kappa shape index (κ2) is 4.93. The van der Waals surface area contributed by atoms with Crippen molar-refractivity contribution in [3.8, 4) is 11.3 Å². The molecule has 0 aliphatic rings. The summed E-state index contributed by atoms with van der Waals surface area (Å²) in [4.78, 5) is 11.9. The number of H-pyrrole nitrogens is 1. The lowest BCUT2D eigenvalue weighted by molar-refractivity contribution is 0.628. The van der Waals surface area contributed by atoms with Crippen LogP contribution in [-0.2, 0) is 6.42 Å². The standard InChI is InChI=1S/C14H12FN3S/c1-9-12(17-8-16-9)6-14-18-13(7-19-14)10-2-4-11(15)5-3-10/h2-5,7-8H,6H2,1H3,(H,16,17). The molecule has 0 spiro atoms. The van der Waals surface area contributed by atoms with Gasteiger partial charge in [-0.1, -0.05) is 0 Å². The van der Waals surface area contributed by atoms with Crippen molar-refractivity contribution in [1.29, 1.82) is 0 Å². The van der Waals surface area contributed by atoms with Crippen molar-refractivity contribution < 1.29 is 4.39 Å². The van der Waals surface area contributed by atoms with E-state index >= 15 is 0 Å². The fraction of sp³-hybridized carbons (Fsp3) is 0.143. The summed E-state index contributed by atoms with van der Waals surface area (Å²) in [5.41, 5.74) is 3.90. The van der Waals surface area contributed by atoms with Crippen LogP contribution in [0.1, 0.15) is 16.4 Å². The SMILES string of the molecule is Cc1[nH]cnc1Cc1nc(-c2ccc(F)cc2)cs1. The van der Waals surface area contributed by atoms with Gasteiger partial charge in [0, 0.05) is 23.1 Å². The molecule has 5 heteroatoms. The molecule has 0 unspecified atom stereocenters. The molecule has 2 heterocycles. The fourth-order valence-corrected chi connectivity index (χ4v) is 2.66. The lowest BCUT2D eigenvalue weighted by atomic mass is 10.2. The van der Waals surface area contributed by atoms with Gasteiger partial charge in [0.15, 0.2) is 0 Å². The Hall–Kier alpha value is -2.01. The Bertz CT molecular complexity index is 685. The molecule has 1 N–H and O–H groups in total. The highest BCUT2D eigenvalue weighted by molar-refractivity contribution is 7.10. The summed E-state index contributed by atoms with van der Waals surface area (Å²) >= 11 is 1.60. The second-order valence-electron chi connectivity index (χ2n) is 4.28. The molecule has 0 saturated heterocycles. The van der Waals surface area contributed by atoms with Gasteiger partial charge < -0.3 is 4.98 Å². The van der Waals surface area contributed by atoms with E-state index in [1.54, 1.807) is 29.8 Å². The Morgan fingerprint density at radius 3 is 2.74 bits per heavy atom. The van der Waals surface area contributed by atoms with E-state index in [0.717, 1.165) is 34.1 Å². The maximum absolute atomic E-state index is 12.9. The van der Waals surface area contributed by atoms with Crippen molar-refractivity contribution in [1.82, 2.24) is 15.0 Å². The minimum atomic E-state index is -0.230. The molecule has 0 radical (unpaired) electrons. The number of nitrogens with one attached hydrogen (secondary N) is 1. The first kappa shape index (κ1) is 12.0. The van der Waals surface area contributed by atoms with Gasteiger partial charge in [-0.05, 0) is 31.2 Å². The van der Waals surface area contributed by atoms with Crippen LogP contribution in [0.5, 0.6) is 0 Å². The minimum absolute atomic E-state index is 0.230. The molecule has 0 aliphatic carbocycles. The summed E-state index contributed by atoms with van der Waals surface area (Å²) in [5, 5.41) is 3.00. The molecule has 0 bridgehead atoms. The average Bonchev–Trinajstić information content (AvgIpc) is 3.01. The Kier molecular flexibility index (Phi) is 3.13. The van der Waals surface area contributed by atoms with Crippen LogP contribution in [0.3, 0.4) is 0 Å². The van der Waals surface area contributed by atoms with E-state index in [1.807, 2.05) is 12.3 Å². The first-order valence-electron chi connectivity index (χ1n) is 5.91. The normalized spacial score (nSPS) is 10.8. The summed E-state index contributed by atoms with van der Waals surface area (Å²) < 4.78 is 12.9. The van der Waals surface area contributed by atoms with Gasteiger partial charge in [0.1, 0.15) is 5.82 Å². The molecule has 3 nitrogen and oxygen atoms in total. The first-order chi connectivity index (χ1) is 9.22. The van der Waals surface area contributed by atoms with E-state index in [9.17, 15) is 4.39 Å². The van der Waals surface area contributed by atoms with E-state index in [2.05, 4.69) is 15.0 Å². The molecule has 0 aliphatic heterocycles. The summed E-state index contributed by atoms with van der Waals surface area (Å²) in [6.07, 6.45) is 2.42. The Labute approximate surface area is 114 Å². The van der Waals surface area contributed by atoms with Gasteiger partial charge in [-0.15, -0.1) is 11.3 Å². The van der Waals surface area contributed by atoms with E-state index in [4.69, 9.17) is 0 Å². The average molecular weight is 273 g/mol. The van der Waals surface area contributed by atoms with Crippen molar-refractivity contribution >= 4 is 11.3 Å². The number of aryl methyl sites for hydroxylation is 1. The maximum atomic E-state index is 12.9. The van der Waals surface area contributed by atoms with Crippen LogP contribution >= 0.6 is 11.3 Å². The third kappa shape index (κ3) is 2.56. The quantitative estimate of drug-likeness (QED) is 0.792. The van der Waals surface area contributed by atoms with Crippen molar-refractivity contribution in [2.24, 2.45) is 0 Å². The lowest BCUT2D eigenvalue weighted by Crippen LogP contribution is -1.90. The third-order valence-corrected chi connectivity index (χ3v) is 3.79. The Balaban J connectivity index is 1.83. The van der Waals surface area contributed by atoms with E-state index in [-0.39, 0.29) is 5.82 Å². The molecule has 3 rings (SSSR count). The topological polar surface area (TPSA) is 41.6 Å². The number of imidazole rings is 1. The van der Waals surface area contributed by atoms with E-state index in [1.165, 1.54) is 12.1 Å². The number of aromatic nitrogens is 3. The first-order valence-corrected chi connectivity index (χ1v) is 6.79. The van der Waals surface area contributed by atoms with Crippen molar-refractivity contribution in [2.45, 2.75) is 13.3 Å². The number of rotatable bonds is 3. The predicted molar refractivity (Wildman–Crippen MR) is 73.6 cm³/mol. The number of thiazole rings is 1. The Morgan fingerprint density at radius 2 is 2.05 bits per heavy atom. The highest BCUT2D eigenvalue weighted by Crippen LogP contribution is 2.23. The molecule has 19 heavy (non-hydrogen) atoms. The summed E-state index contributed by atoms with van der Waals surface area (Å²) in [5.74, 6) is -0.230. The zero-order chi connectivity index (χ0) is 13.2. The van der Waals surface area contributed by atoms with Crippen molar-refractivity contribution in [3.05, 3.63) is 58.2 Å². The minimum Gasteiger partial charge on any atom is -0.348 e. The van der Waals surface area contributed by atoms with Crippen LogP contribution in [0.15, 0.2) is 36.0 Å². The van der Waals surface area contributed by atoms with Crippen LogP contribution in [-0.4, -0.2) is 15.0 Å². The summed E-state index contributed by atoms with van der Waals surface area (Å²) in [6, 6.07) is 6.39. The number of nitrogens with zero attached hydrogens (tertiary/aromatic N) is 2. The van der Waals surface area contributed by atoms with Gasteiger partial charge in [-0.25, -0.2) is 14.4 Å². The molecule has 1 aromatic carbocycles. The smallest absolute Gasteiger partial charge is 0.123 e. The highest BCUT2D eigenvalue weighted by atomic mass is 32.1. The van der Waals surface area contributed by atoms with Crippen molar-refractivity contribution in [2.75, 3.05) is 0 Å². The number of halogens is 1. The number of hydrogen-bond acceptors (Lipinski definition) is 3. The van der Waals surface area contributed by atoms with Gasteiger partial charge in [-0.3, -0.25) is 0 Å². The maximum Gasteiger partial charge on any atom is 0.123 e. The van der Waals surface area contributed by atoms with Gasteiger partial charge in [-0.2, -0.15) is 0 Å². The molecule has 96 valence electrons. The zero-order valence-corrected chi connectivity index (χ0v) is 11.2. The van der Waals surface area contributed by atoms with Gasteiger partial charge in [0.05, 0.1) is 22.7 Å². The van der Waals surface area contributed by atoms with Crippen LogP contribution < -0.4 is 0 Å². The zero-order valence-electron chi connectivity index (χ0n) is 10.4. The molecule has 0 saturated carbocycles. The van der Waals surface area contributed by atoms with Crippen LogP contribution in [0.4, 0.5) is 4.39 Å². The molecule has 3 aromatic rings. The molecular weight excluding hydrogens is 261 g/mol. The predicted octanol–water partition coefficient (Wildman–Crippen LogP) is 3.57. The van der Waals surface area contributed by atoms with E-state index < -0.39 is 0 Å². The highest BCUT2D eigenvalue weighted by Gasteiger charge is 2.08. The summed E-state index contributed by atoms with van der Waals surface area (Å²) in [6.45, 7) is 2.00. The molecule has 0 atom stereocenters. The monoisotopic (exact) mass is 273 g/mol. The summed E-state index contributed by atoms with van der Waals surface area (Å²) in [7, 11) is 0. The van der Waals surface area contributed by atoms with Crippen molar-refractivity contribution in [3.63, 3.8) is 0 Å². The molecule has 2 aromatic heterocycles. The third-order valence-electron chi connectivity index (χ3n) is 2.94. The molecule has 0 amide bonds. The van der Waals surface area contributed by atoms with E-state index in [0.29, 0.717) is 0 Å². The van der Waals surface area contributed by atoms with Gasteiger partial charge >= 0.3 is 0 Å². The number of aromatic amines is 1. The van der Waals surface area contributed by atoms with Crippen LogP contribution in [0, 0.1) is 12.7 Å². The van der Waals surface area contributed by atoms with Gasteiger partial charge in [0.2, 0.25) is 0 Å². The van der Waals surface area contributed by atoms with Crippen LogP contribution in [0.2, 0.25) is 0 Å². The van der Waals surface area contributed by atoms with Crippen LogP contribution in [0.25, 0.3) is 11.3 Å². The second-order valence-corrected chi connectivity index (χ2v) is 5.23. The fourth-order valence-electron chi connectivity index (χ4n) is 1.85. The largest absolute Gasteiger partial charge is 0.348 e. The van der Waals surface area contributed by atoms with Gasteiger partial charge in [0.25, 0.3) is 0 Å². The number of benzene rings is 1.